The van der Waals surface area contributed by atoms with Crippen LogP contribution in [0, 0.1) is 12.8 Å². The summed E-state index contributed by atoms with van der Waals surface area (Å²) in [6, 6.07) is 6.32. The van der Waals surface area contributed by atoms with Gasteiger partial charge < -0.3 is 14.8 Å². The third kappa shape index (κ3) is 2.31. The van der Waals surface area contributed by atoms with Gasteiger partial charge in [-0.25, -0.2) is 0 Å². The van der Waals surface area contributed by atoms with Gasteiger partial charge in [0.2, 0.25) is 6.29 Å². The van der Waals surface area contributed by atoms with Crippen molar-refractivity contribution in [2.45, 2.75) is 32.7 Å². The fourth-order valence-electron chi connectivity index (χ4n) is 2.62. The first-order chi connectivity index (χ1) is 8.33. The van der Waals surface area contributed by atoms with Gasteiger partial charge in [-0.1, -0.05) is 17.7 Å². The van der Waals surface area contributed by atoms with Gasteiger partial charge >= 0.3 is 0 Å². The van der Waals surface area contributed by atoms with E-state index in [0.29, 0.717) is 12.5 Å². The Morgan fingerprint density at radius 2 is 2.06 bits per heavy atom. The van der Waals surface area contributed by atoms with Crippen LogP contribution in [-0.4, -0.2) is 19.4 Å². The van der Waals surface area contributed by atoms with Crippen molar-refractivity contribution in [3.63, 3.8) is 0 Å². The molecule has 0 aromatic heterocycles. The second-order valence-corrected chi connectivity index (χ2v) is 5.00. The molecule has 3 rings (SSSR count). The number of nitrogens with one attached hydrogen (secondary N) is 1. The molecule has 3 nitrogen and oxygen atoms in total. The highest BCUT2D eigenvalue weighted by atomic mass is 16.7. The van der Waals surface area contributed by atoms with Crippen molar-refractivity contribution < 1.29 is 9.47 Å². The van der Waals surface area contributed by atoms with Gasteiger partial charge in [-0.3, -0.25) is 0 Å². The summed E-state index contributed by atoms with van der Waals surface area (Å²) in [6.45, 7) is 4.94. The molecule has 2 heterocycles. The number of rotatable bonds is 1. The van der Waals surface area contributed by atoms with E-state index in [9.17, 15) is 0 Å². The van der Waals surface area contributed by atoms with Gasteiger partial charge in [-0.05, 0) is 38.9 Å². The Labute approximate surface area is 102 Å². The molecule has 3 heteroatoms. The quantitative estimate of drug-likeness (QED) is 0.807. The van der Waals surface area contributed by atoms with Crippen molar-refractivity contribution >= 4 is 0 Å². The van der Waals surface area contributed by atoms with E-state index in [0.717, 1.165) is 31.7 Å². The Bertz CT molecular complexity index is 399. The van der Waals surface area contributed by atoms with Crippen LogP contribution < -0.4 is 10.1 Å². The number of hydrogen-bond acceptors (Lipinski definition) is 3. The average molecular weight is 233 g/mol. The molecule has 0 spiro atoms. The molecule has 1 saturated heterocycles. The summed E-state index contributed by atoms with van der Waals surface area (Å²) in [7, 11) is 0. The minimum Gasteiger partial charge on any atom is -0.464 e. The van der Waals surface area contributed by atoms with Gasteiger partial charge in [0.1, 0.15) is 5.75 Å². The lowest BCUT2D eigenvalue weighted by Gasteiger charge is -2.34. The van der Waals surface area contributed by atoms with Crippen molar-refractivity contribution in [1.82, 2.24) is 5.32 Å². The summed E-state index contributed by atoms with van der Waals surface area (Å²) in [5, 5.41) is 3.37. The largest absolute Gasteiger partial charge is 0.464 e. The van der Waals surface area contributed by atoms with Crippen LogP contribution >= 0.6 is 0 Å². The van der Waals surface area contributed by atoms with Gasteiger partial charge in [0.15, 0.2) is 0 Å². The number of piperidine rings is 1. The summed E-state index contributed by atoms with van der Waals surface area (Å²) >= 11 is 0. The van der Waals surface area contributed by atoms with Crippen LogP contribution in [0.25, 0.3) is 0 Å². The van der Waals surface area contributed by atoms with Crippen molar-refractivity contribution in [3.05, 3.63) is 29.3 Å². The Morgan fingerprint density at radius 1 is 1.24 bits per heavy atom. The zero-order valence-corrected chi connectivity index (χ0v) is 10.2. The molecule has 0 aliphatic carbocycles. The van der Waals surface area contributed by atoms with Crippen molar-refractivity contribution in [2.75, 3.05) is 13.1 Å². The predicted octanol–water partition coefficient (Wildman–Crippen LogP) is 2.23. The summed E-state index contributed by atoms with van der Waals surface area (Å²) < 4.78 is 11.8. The third-order valence-corrected chi connectivity index (χ3v) is 3.63. The maximum Gasteiger partial charge on any atom is 0.203 e. The molecule has 0 radical (unpaired) electrons. The predicted molar refractivity (Wildman–Crippen MR) is 66.0 cm³/mol. The maximum atomic E-state index is 5.98. The van der Waals surface area contributed by atoms with E-state index < -0.39 is 0 Å². The van der Waals surface area contributed by atoms with E-state index in [2.05, 4.69) is 30.4 Å². The normalized spacial score (nSPS) is 25.1. The van der Waals surface area contributed by atoms with Crippen LogP contribution in [0.2, 0.25) is 0 Å². The molecule has 1 N–H and O–H groups in total. The van der Waals surface area contributed by atoms with Gasteiger partial charge in [-0.15, -0.1) is 0 Å². The Hall–Kier alpha value is -1.06. The van der Waals surface area contributed by atoms with E-state index in [1.807, 2.05) is 0 Å². The van der Waals surface area contributed by atoms with Crippen LogP contribution in [0.4, 0.5) is 0 Å². The summed E-state index contributed by atoms with van der Waals surface area (Å²) in [5.74, 6) is 1.54. The topological polar surface area (TPSA) is 30.5 Å². The lowest BCUT2D eigenvalue weighted by atomic mass is 9.97. The van der Waals surface area contributed by atoms with Gasteiger partial charge in [0.25, 0.3) is 0 Å². The summed E-state index contributed by atoms with van der Waals surface area (Å²) in [6.07, 6.45) is 2.24. The SMILES string of the molecule is Cc1ccc2c(c1)COC(C1CCNCC1)O2. The van der Waals surface area contributed by atoms with Crippen molar-refractivity contribution in [2.24, 2.45) is 5.92 Å². The van der Waals surface area contributed by atoms with Crippen LogP contribution in [0.1, 0.15) is 24.0 Å². The molecular formula is C14H19NO2. The minimum absolute atomic E-state index is 0.0488. The molecule has 1 unspecified atom stereocenters. The maximum absolute atomic E-state index is 5.98. The first-order valence-corrected chi connectivity index (χ1v) is 6.41. The zero-order chi connectivity index (χ0) is 11.7. The van der Waals surface area contributed by atoms with Gasteiger partial charge in [0.05, 0.1) is 6.61 Å². The summed E-state index contributed by atoms with van der Waals surface area (Å²) in [5.41, 5.74) is 2.44. The molecule has 92 valence electrons. The number of hydrogen-bond donors (Lipinski definition) is 1. The first-order valence-electron chi connectivity index (χ1n) is 6.41. The second kappa shape index (κ2) is 4.67. The number of benzene rings is 1. The van der Waals surface area contributed by atoms with Gasteiger partial charge in [-0.2, -0.15) is 0 Å². The first kappa shape index (κ1) is 11.1. The highest BCUT2D eigenvalue weighted by Crippen LogP contribution is 2.31. The van der Waals surface area contributed by atoms with Crippen molar-refractivity contribution in [1.29, 1.82) is 0 Å². The lowest BCUT2D eigenvalue weighted by molar-refractivity contribution is -0.145. The Morgan fingerprint density at radius 3 is 2.88 bits per heavy atom. The Kier molecular flexibility index (Phi) is 3.04. The average Bonchev–Trinajstić information content (AvgIpc) is 2.39. The van der Waals surface area contributed by atoms with E-state index in [4.69, 9.17) is 9.47 Å². The van der Waals surface area contributed by atoms with E-state index in [1.165, 1.54) is 11.1 Å². The van der Waals surface area contributed by atoms with E-state index in [-0.39, 0.29) is 6.29 Å². The molecule has 1 fully saturated rings. The minimum atomic E-state index is -0.0488. The van der Waals surface area contributed by atoms with Crippen LogP contribution in [-0.2, 0) is 11.3 Å². The van der Waals surface area contributed by atoms with Crippen LogP contribution in [0.3, 0.4) is 0 Å². The standard InChI is InChI=1S/C14H19NO2/c1-10-2-3-13-12(8-10)9-16-14(17-13)11-4-6-15-7-5-11/h2-3,8,11,14-15H,4-7,9H2,1H3. The van der Waals surface area contributed by atoms with Crippen LogP contribution in [0.15, 0.2) is 18.2 Å². The van der Waals surface area contributed by atoms with Gasteiger partial charge in [0, 0.05) is 11.5 Å². The van der Waals surface area contributed by atoms with E-state index >= 15 is 0 Å². The highest BCUT2D eigenvalue weighted by Gasteiger charge is 2.29. The number of aryl methyl sites for hydroxylation is 1. The lowest BCUT2D eigenvalue weighted by Crippen LogP contribution is -2.39. The Balaban J connectivity index is 1.73. The van der Waals surface area contributed by atoms with Crippen molar-refractivity contribution in [3.8, 4) is 5.75 Å². The monoisotopic (exact) mass is 233 g/mol. The number of fused-ring (bicyclic) bond motifs is 1. The van der Waals surface area contributed by atoms with E-state index in [1.54, 1.807) is 0 Å². The molecule has 1 aromatic rings. The smallest absolute Gasteiger partial charge is 0.203 e. The third-order valence-electron chi connectivity index (χ3n) is 3.63. The molecular weight excluding hydrogens is 214 g/mol. The second-order valence-electron chi connectivity index (χ2n) is 5.00. The summed E-state index contributed by atoms with van der Waals surface area (Å²) in [4.78, 5) is 0. The molecule has 1 atom stereocenters. The zero-order valence-electron chi connectivity index (χ0n) is 10.2. The number of ether oxygens (including phenoxy) is 2. The molecule has 17 heavy (non-hydrogen) atoms. The van der Waals surface area contributed by atoms with Crippen LogP contribution in [0.5, 0.6) is 5.75 Å². The highest BCUT2D eigenvalue weighted by molar-refractivity contribution is 5.37. The molecule has 0 bridgehead atoms. The molecule has 2 aliphatic rings. The fourth-order valence-corrected chi connectivity index (χ4v) is 2.62. The molecule has 0 amide bonds. The molecule has 2 aliphatic heterocycles. The molecule has 1 aromatic carbocycles. The molecule has 0 saturated carbocycles. The fraction of sp³-hybridized carbons (Fsp3) is 0.571.